The minimum absolute atomic E-state index is 0.101. The molecule has 0 bridgehead atoms. The van der Waals surface area contributed by atoms with Crippen molar-refractivity contribution in [2.24, 2.45) is 13.0 Å². The average molecular weight is 271 g/mol. The summed E-state index contributed by atoms with van der Waals surface area (Å²) in [5.74, 6) is 0.750. The zero-order valence-corrected chi connectivity index (χ0v) is 12.9. The summed E-state index contributed by atoms with van der Waals surface area (Å²) in [7, 11) is 2.14. The van der Waals surface area contributed by atoms with Crippen LogP contribution in [0.5, 0.6) is 0 Å². The molecule has 3 rings (SSSR count). The molecule has 2 nitrogen and oxygen atoms in total. The van der Waals surface area contributed by atoms with Gasteiger partial charge in [0.2, 0.25) is 0 Å². The molecule has 0 saturated carbocycles. The topological polar surface area (TPSA) is 14.2 Å². The van der Waals surface area contributed by atoms with E-state index in [1.165, 1.54) is 42.1 Å². The summed E-state index contributed by atoms with van der Waals surface area (Å²) in [5.41, 5.74) is 2.93. The van der Waals surface area contributed by atoms with Crippen LogP contribution in [0.2, 0.25) is 0 Å². The summed E-state index contributed by atoms with van der Waals surface area (Å²) in [6.45, 7) is 5.36. The lowest BCUT2D eigenvalue weighted by atomic mass is 9.93. The maximum Gasteiger partial charge on any atom is 0.0630 e. The normalized spacial score (nSPS) is 21.6. The zero-order valence-electron chi connectivity index (χ0n) is 12.9. The van der Waals surface area contributed by atoms with Crippen LogP contribution in [0.3, 0.4) is 0 Å². The van der Waals surface area contributed by atoms with Crippen molar-refractivity contribution >= 4 is 10.9 Å². The molecule has 20 heavy (non-hydrogen) atoms. The first-order valence-corrected chi connectivity index (χ1v) is 7.72. The van der Waals surface area contributed by atoms with Crippen molar-refractivity contribution in [2.75, 3.05) is 6.61 Å². The Morgan fingerprint density at radius 2 is 2.10 bits per heavy atom. The molecule has 2 heterocycles. The monoisotopic (exact) mass is 271 g/mol. The first-order chi connectivity index (χ1) is 9.55. The predicted molar refractivity (Wildman–Crippen MR) is 84.0 cm³/mol. The highest BCUT2D eigenvalue weighted by Crippen LogP contribution is 2.32. The van der Waals surface area contributed by atoms with E-state index in [9.17, 15) is 0 Å². The Hall–Kier alpha value is -1.28. The summed E-state index contributed by atoms with van der Waals surface area (Å²) in [6.07, 6.45) is 7.23. The van der Waals surface area contributed by atoms with Crippen molar-refractivity contribution in [1.82, 2.24) is 4.57 Å². The fraction of sp³-hybridized carbons (Fsp3) is 0.556. The molecule has 1 atom stereocenters. The van der Waals surface area contributed by atoms with Crippen molar-refractivity contribution in [3.63, 3.8) is 0 Å². The first-order valence-electron chi connectivity index (χ1n) is 7.72. The minimum Gasteiger partial charge on any atom is -0.375 e. The summed E-state index contributed by atoms with van der Waals surface area (Å²) >= 11 is 0. The number of para-hydroxylation sites is 1. The van der Waals surface area contributed by atoms with Crippen molar-refractivity contribution < 1.29 is 4.74 Å². The summed E-state index contributed by atoms with van der Waals surface area (Å²) in [6, 6.07) is 8.70. The van der Waals surface area contributed by atoms with E-state index in [-0.39, 0.29) is 5.60 Å². The fourth-order valence-corrected chi connectivity index (χ4v) is 3.55. The van der Waals surface area contributed by atoms with E-state index < -0.39 is 0 Å². The standard InChI is InChI=1S/C18H25NO/c1-18(2)11-14(13-20-18)7-6-8-15-12-19(3)17-10-5-4-9-16(15)17/h4-5,9-10,12,14H,6-8,11,13H2,1-3H3. The van der Waals surface area contributed by atoms with Gasteiger partial charge in [0.25, 0.3) is 0 Å². The van der Waals surface area contributed by atoms with Gasteiger partial charge in [-0.05, 0) is 57.1 Å². The third-order valence-corrected chi connectivity index (χ3v) is 4.53. The number of hydrogen-bond acceptors (Lipinski definition) is 1. The summed E-state index contributed by atoms with van der Waals surface area (Å²) in [4.78, 5) is 0. The lowest BCUT2D eigenvalue weighted by Gasteiger charge is -2.15. The van der Waals surface area contributed by atoms with Crippen molar-refractivity contribution in [3.05, 3.63) is 36.0 Å². The number of benzene rings is 1. The maximum atomic E-state index is 5.83. The van der Waals surface area contributed by atoms with Gasteiger partial charge in [-0.25, -0.2) is 0 Å². The van der Waals surface area contributed by atoms with Crippen LogP contribution in [-0.2, 0) is 18.2 Å². The molecule has 1 aromatic carbocycles. The second-order valence-corrected chi connectivity index (χ2v) is 6.82. The smallest absolute Gasteiger partial charge is 0.0630 e. The van der Waals surface area contributed by atoms with Crippen molar-refractivity contribution in [1.29, 1.82) is 0 Å². The highest BCUT2D eigenvalue weighted by molar-refractivity contribution is 5.83. The number of hydrogen-bond donors (Lipinski definition) is 0. The van der Waals surface area contributed by atoms with E-state index in [1.54, 1.807) is 0 Å². The third-order valence-electron chi connectivity index (χ3n) is 4.53. The largest absolute Gasteiger partial charge is 0.375 e. The van der Waals surface area contributed by atoms with Gasteiger partial charge in [0, 0.05) is 24.1 Å². The van der Waals surface area contributed by atoms with Gasteiger partial charge >= 0.3 is 0 Å². The Labute approximate surface area is 121 Å². The molecule has 108 valence electrons. The lowest BCUT2D eigenvalue weighted by Crippen LogP contribution is -2.16. The molecule has 1 fully saturated rings. The van der Waals surface area contributed by atoms with Crippen molar-refractivity contribution in [3.8, 4) is 0 Å². The van der Waals surface area contributed by atoms with E-state index in [0.29, 0.717) is 0 Å². The minimum atomic E-state index is 0.101. The highest BCUT2D eigenvalue weighted by Gasteiger charge is 2.31. The van der Waals surface area contributed by atoms with Crippen LogP contribution in [0.25, 0.3) is 10.9 Å². The van der Waals surface area contributed by atoms with Gasteiger partial charge in [0.1, 0.15) is 0 Å². The van der Waals surface area contributed by atoms with Crippen LogP contribution in [0.1, 0.15) is 38.7 Å². The third kappa shape index (κ3) is 2.76. The van der Waals surface area contributed by atoms with Gasteiger partial charge in [-0.15, -0.1) is 0 Å². The molecule has 0 amide bonds. The molecular formula is C18H25NO. The first kappa shape index (κ1) is 13.7. The molecule has 1 aliphatic heterocycles. The molecule has 1 aromatic heterocycles. The van der Waals surface area contributed by atoms with Crippen LogP contribution in [0.15, 0.2) is 30.5 Å². The molecule has 1 saturated heterocycles. The summed E-state index contributed by atoms with van der Waals surface area (Å²) < 4.78 is 8.07. The van der Waals surface area contributed by atoms with E-state index in [0.717, 1.165) is 12.5 Å². The average Bonchev–Trinajstić information content (AvgIpc) is 2.92. The number of fused-ring (bicyclic) bond motifs is 1. The quantitative estimate of drug-likeness (QED) is 0.808. The van der Waals surface area contributed by atoms with Crippen LogP contribution in [0, 0.1) is 5.92 Å². The molecule has 2 aromatic rings. The van der Waals surface area contributed by atoms with Gasteiger partial charge in [0.05, 0.1) is 12.2 Å². The molecule has 0 spiro atoms. The maximum absolute atomic E-state index is 5.83. The van der Waals surface area contributed by atoms with Crippen LogP contribution >= 0.6 is 0 Å². The number of rotatable bonds is 4. The van der Waals surface area contributed by atoms with E-state index in [4.69, 9.17) is 4.74 Å². The van der Waals surface area contributed by atoms with Gasteiger partial charge in [-0.3, -0.25) is 0 Å². The Morgan fingerprint density at radius 3 is 2.85 bits per heavy atom. The van der Waals surface area contributed by atoms with Gasteiger partial charge in [-0.1, -0.05) is 18.2 Å². The van der Waals surface area contributed by atoms with Crippen LogP contribution in [0.4, 0.5) is 0 Å². The second-order valence-electron chi connectivity index (χ2n) is 6.82. The molecule has 1 aliphatic rings. The number of nitrogens with zero attached hydrogens (tertiary/aromatic N) is 1. The molecule has 0 aliphatic carbocycles. The second kappa shape index (κ2) is 5.25. The van der Waals surface area contributed by atoms with Crippen molar-refractivity contribution in [2.45, 2.75) is 45.1 Å². The molecule has 0 radical (unpaired) electrons. The Morgan fingerprint density at radius 1 is 1.30 bits per heavy atom. The van der Waals surface area contributed by atoms with Gasteiger partial charge < -0.3 is 9.30 Å². The van der Waals surface area contributed by atoms with Gasteiger partial charge in [0.15, 0.2) is 0 Å². The Kier molecular flexibility index (Phi) is 3.59. The number of aryl methyl sites for hydroxylation is 2. The molecule has 1 unspecified atom stereocenters. The zero-order chi connectivity index (χ0) is 14.2. The van der Waals surface area contributed by atoms with E-state index in [2.05, 4.69) is 55.9 Å². The van der Waals surface area contributed by atoms with Crippen LogP contribution in [-0.4, -0.2) is 16.8 Å². The molecule has 0 N–H and O–H groups in total. The molecule has 2 heteroatoms. The lowest BCUT2D eigenvalue weighted by molar-refractivity contribution is 0.0348. The number of ether oxygens (including phenoxy) is 1. The number of aromatic nitrogens is 1. The molecular weight excluding hydrogens is 246 g/mol. The fourth-order valence-electron chi connectivity index (χ4n) is 3.55. The summed E-state index contributed by atoms with van der Waals surface area (Å²) in [5, 5.41) is 1.41. The predicted octanol–water partition coefficient (Wildman–Crippen LogP) is 4.32. The highest BCUT2D eigenvalue weighted by atomic mass is 16.5. The SMILES string of the molecule is Cn1cc(CCCC2COC(C)(C)C2)c2ccccc21. The van der Waals surface area contributed by atoms with E-state index in [1.807, 2.05) is 0 Å². The Bertz CT molecular complexity index is 596. The Balaban J connectivity index is 1.61. The van der Waals surface area contributed by atoms with Crippen LogP contribution < -0.4 is 0 Å². The van der Waals surface area contributed by atoms with Gasteiger partial charge in [-0.2, -0.15) is 0 Å². The van der Waals surface area contributed by atoms with E-state index >= 15 is 0 Å².